The van der Waals surface area contributed by atoms with Gasteiger partial charge in [0.1, 0.15) is 18.3 Å². The first-order chi connectivity index (χ1) is 11.3. The van der Waals surface area contributed by atoms with Crippen LogP contribution in [0.3, 0.4) is 0 Å². The van der Waals surface area contributed by atoms with Crippen molar-refractivity contribution in [3.05, 3.63) is 18.0 Å². The van der Waals surface area contributed by atoms with Crippen LogP contribution in [-0.2, 0) is 22.6 Å². The van der Waals surface area contributed by atoms with Crippen LogP contribution in [0.2, 0.25) is 0 Å². The zero-order valence-corrected chi connectivity index (χ0v) is 13.5. The lowest BCUT2D eigenvalue weighted by molar-refractivity contribution is -0.0353. The van der Waals surface area contributed by atoms with Crippen LogP contribution in [0.1, 0.15) is 17.8 Å². The van der Waals surface area contributed by atoms with Gasteiger partial charge in [0.25, 0.3) is 0 Å². The Morgan fingerprint density at radius 2 is 2.22 bits per heavy atom. The normalized spacial score (nSPS) is 19.3. The van der Waals surface area contributed by atoms with Gasteiger partial charge < -0.3 is 14.0 Å². The average molecular weight is 322 g/mol. The quantitative estimate of drug-likeness (QED) is 0.660. The number of aromatic nitrogens is 7. The van der Waals surface area contributed by atoms with Gasteiger partial charge in [-0.15, -0.1) is 20.4 Å². The summed E-state index contributed by atoms with van der Waals surface area (Å²) in [5.41, 5.74) is 0. The Bertz CT molecular complexity index is 613. The molecule has 0 aromatic carbocycles. The van der Waals surface area contributed by atoms with Crippen LogP contribution in [0.5, 0.6) is 0 Å². The maximum absolute atomic E-state index is 5.79. The number of aryl methyl sites for hydroxylation is 1. The van der Waals surface area contributed by atoms with E-state index in [2.05, 4.69) is 30.5 Å². The summed E-state index contributed by atoms with van der Waals surface area (Å²) in [6, 6.07) is 0. The van der Waals surface area contributed by atoms with Crippen molar-refractivity contribution in [3.63, 3.8) is 0 Å². The first kappa shape index (κ1) is 16.0. The van der Waals surface area contributed by atoms with Gasteiger partial charge in [0, 0.05) is 33.3 Å². The van der Waals surface area contributed by atoms with Crippen molar-refractivity contribution in [2.75, 3.05) is 40.0 Å². The minimum Gasteiger partial charge on any atom is -0.383 e. The zero-order valence-electron chi connectivity index (χ0n) is 13.5. The summed E-state index contributed by atoms with van der Waals surface area (Å²) in [4.78, 5) is 3.88. The Hall–Kier alpha value is -1.91. The highest BCUT2D eigenvalue weighted by molar-refractivity contribution is 4.89. The van der Waals surface area contributed by atoms with Gasteiger partial charge in [-0.25, -0.2) is 0 Å². The third-order valence-electron chi connectivity index (χ3n) is 3.87. The lowest BCUT2D eigenvalue weighted by Gasteiger charge is -2.31. The zero-order chi connectivity index (χ0) is 16.1. The number of rotatable bonds is 7. The Morgan fingerprint density at radius 1 is 1.30 bits per heavy atom. The van der Waals surface area contributed by atoms with Crippen molar-refractivity contribution >= 4 is 0 Å². The van der Waals surface area contributed by atoms with E-state index in [-0.39, 0.29) is 6.10 Å². The molecule has 1 aliphatic rings. The highest BCUT2D eigenvalue weighted by atomic mass is 16.5. The van der Waals surface area contributed by atoms with E-state index in [0.717, 1.165) is 32.0 Å². The van der Waals surface area contributed by atoms with Crippen LogP contribution in [0.15, 0.2) is 6.33 Å². The van der Waals surface area contributed by atoms with E-state index < -0.39 is 0 Å². The number of ether oxygens (including phenoxy) is 2. The van der Waals surface area contributed by atoms with Crippen LogP contribution in [0.25, 0.3) is 0 Å². The van der Waals surface area contributed by atoms with Crippen molar-refractivity contribution < 1.29 is 9.47 Å². The van der Waals surface area contributed by atoms with Crippen molar-refractivity contribution in [2.45, 2.75) is 26.1 Å². The number of hydrogen-bond donors (Lipinski definition) is 0. The van der Waals surface area contributed by atoms with Crippen LogP contribution < -0.4 is 0 Å². The molecule has 10 heteroatoms. The van der Waals surface area contributed by atoms with E-state index in [1.165, 1.54) is 0 Å². The summed E-state index contributed by atoms with van der Waals surface area (Å²) in [6.45, 7) is 7.21. The molecule has 0 spiro atoms. The molecule has 126 valence electrons. The second-order valence-electron chi connectivity index (χ2n) is 5.47. The fourth-order valence-corrected chi connectivity index (χ4v) is 2.50. The van der Waals surface area contributed by atoms with Gasteiger partial charge in [-0.1, -0.05) is 0 Å². The standard InChI is InChI=1S/C13H22N8O2/c1-11-15-14-10-20(11)4-3-19-5-8-23-12(9-19)13-16-18-21(17-13)6-7-22-2/h10,12H,3-9H2,1-2H3. The van der Waals surface area contributed by atoms with E-state index in [9.17, 15) is 0 Å². The van der Waals surface area contributed by atoms with Gasteiger partial charge in [0.2, 0.25) is 5.82 Å². The molecular weight excluding hydrogens is 300 g/mol. The van der Waals surface area contributed by atoms with E-state index in [1.54, 1.807) is 18.2 Å². The molecule has 0 aliphatic carbocycles. The SMILES string of the molecule is COCCn1nnc(C2CN(CCn3cnnc3C)CCO2)n1. The van der Waals surface area contributed by atoms with Gasteiger partial charge in [-0.2, -0.15) is 4.80 Å². The Labute approximate surface area is 134 Å². The van der Waals surface area contributed by atoms with Crippen LogP contribution in [0, 0.1) is 6.92 Å². The molecule has 0 amide bonds. The number of nitrogens with zero attached hydrogens (tertiary/aromatic N) is 8. The molecule has 3 heterocycles. The topological polar surface area (TPSA) is 96.0 Å². The lowest BCUT2D eigenvalue weighted by atomic mass is 10.2. The van der Waals surface area contributed by atoms with Crippen LogP contribution >= 0.6 is 0 Å². The molecular formula is C13H22N8O2. The highest BCUT2D eigenvalue weighted by Gasteiger charge is 2.25. The molecule has 1 fully saturated rings. The second kappa shape index (κ2) is 7.57. The van der Waals surface area contributed by atoms with Gasteiger partial charge in [-0.05, 0) is 12.1 Å². The molecule has 0 radical (unpaired) electrons. The molecule has 1 atom stereocenters. The van der Waals surface area contributed by atoms with Gasteiger partial charge in [-0.3, -0.25) is 4.90 Å². The molecule has 23 heavy (non-hydrogen) atoms. The molecule has 2 aromatic rings. The molecule has 10 nitrogen and oxygen atoms in total. The maximum Gasteiger partial charge on any atom is 0.204 e. The molecule has 0 bridgehead atoms. The lowest BCUT2D eigenvalue weighted by Crippen LogP contribution is -2.40. The Morgan fingerprint density at radius 3 is 3.00 bits per heavy atom. The van der Waals surface area contributed by atoms with Crippen molar-refractivity contribution in [3.8, 4) is 0 Å². The minimum absolute atomic E-state index is 0.137. The first-order valence-electron chi connectivity index (χ1n) is 7.71. The minimum atomic E-state index is -0.137. The van der Waals surface area contributed by atoms with Crippen LogP contribution in [-0.4, -0.2) is 79.8 Å². The van der Waals surface area contributed by atoms with Gasteiger partial charge >= 0.3 is 0 Å². The predicted molar refractivity (Wildman–Crippen MR) is 79.6 cm³/mol. The number of methoxy groups -OCH3 is 1. The average Bonchev–Trinajstić information content (AvgIpc) is 3.20. The molecule has 0 N–H and O–H groups in total. The highest BCUT2D eigenvalue weighted by Crippen LogP contribution is 2.18. The Balaban J connectivity index is 1.53. The molecule has 2 aromatic heterocycles. The second-order valence-corrected chi connectivity index (χ2v) is 5.47. The van der Waals surface area contributed by atoms with Gasteiger partial charge in [0.05, 0.1) is 19.8 Å². The van der Waals surface area contributed by atoms with E-state index in [1.807, 2.05) is 11.5 Å². The number of morpholine rings is 1. The third kappa shape index (κ3) is 4.09. The van der Waals surface area contributed by atoms with E-state index in [0.29, 0.717) is 25.6 Å². The maximum atomic E-state index is 5.79. The molecule has 3 rings (SSSR count). The summed E-state index contributed by atoms with van der Waals surface area (Å²) in [5.74, 6) is 1.56. The summed E-state index contributed by atoms with van der Waals surface area (Å²) >= 11 is 0. The Kier molecular flexibility index (Phi) is 5.26. The van der Waals surface area contributed by atoms with E-state index >= 15 is 0 Å². The molecule has 0 saturated carbocycles. The first-order valence-corrected chi connectivity index (χ1v) is 7.71. The summed E-state index contributed by atoms with van der Waals surface area (Å²) in [6.07, 6.45) is 1.62. The number of tetrazole rings is 1. The summed E-state index contributed by atoms with van der Waals surface area (Å²) in [5, 5.41) is 20.4. The molecule has 1 unspecified atom stereocenters. The largest absolute Gasteiger partial charge is 0.383 e. The van der Waals surface area contributed by atoms with Crippen molar-refractivity contribution in [1.82, 2.24) is 39.9 Å². The van der Waals surface area contributed by atoms with Gasteiger partial charge in [0.15, 0.2) is 0 Å². The van der Waals surface area contributed by atoms with Crippen molar-refractivity contribution in [1.29, 1.82) is 0 Å². The smallest absolute Gasteiger partial charge is 0.204 e. The fourth-order valence-electron chi connectivity index (χ4n) is 2.50. The molecule has 1 aliphatic heterocycles. The summed E-state index contributed by atoms with van der Waals surface area (Å²) in [7, 11) is 1.65. The van der Waals surface area contributed by atoms with Crippen LogP contribution in [0.4, 0.5) is 0 Å². The third-order valence-corrected chi connectivity index (χ3v) is 3.87. The fraction of sp³-hybridized carbons (Fsp3) is 0.769. The van der Waals surface area contributed by atoms with Crippen molar-refractivity contribution in [2.24, 2.45) is 0 Å². The summed E-state index contributed by atoms with van der Waals surface area (Å²) < 4.78 is 12.8. The number of hydrogen-bond acceptors (Lipinski definition) is 8. The predicted octanol–water partition coefficient (Wildman–Crippen LogP) is -0.707. The monoisotopic (exact) mass is 322 g/mol. The molecule has 1 saturated heterocycles. The van der Waals surface area contributed by atoms with E-state index in [4.69, 9.17) is 9.47 Å².